The van der Waals surface area contributed by atoms with Crippen molar-refractivity contribution in [2.24, 2.45) is 0 Å². The summed E-state index contributed by atoms with van der Waals surface area (Å²) in [7, 11) is 0. The van der Waals surface area contributed by atoms with Gasteiger partial charge in [-0.1, -0.05) is 54.1 Å². The number of halogens is 1. The van der Waals surface area contributed by atoms with Crippen molar-refractivity contribution >= 4 is 34.9 Å². The number of carbonyl (C=O) groups excluding carboxylic acids is 2. The van der Waals surface area contributed by atoms with Crippen LogP contribution in [-0.4, -0.2) is 16.8 Å². The van der Waals surface area contributed by atoms with E-state index in [9.17, 15) is 19.7 Å². The topological polar surface area (TPSA) is 98.5 Å². The van der Waals surface area contributed by atoms with Gasteiger partial charge in [0.1, 0.15) is 5.56 Å². The molecule has 0 aliphatic carbocycles. The van der Waals surface area contributed by atoms with Crippen molar-refractivity contribution in [3.63, 3.8) is 0 Å². The lowest BCUT2D eigenvalue weighted by atomic mass is 10.1. The molecular formula is C23H19ClN2O5. The predicted molar refractivity (Wildman–Crippen MR) is 117 cm³/mol. The Morgan fingerprint density at radius 3 is 2.42 bits per heavy atom. The highest BCUT2D eigenvalue weighted by molar-refractivity contribution is 6.31. The van der Waals surface area contributed by atoms with Crippen LogP contribution in [0.1, 0.15) is 33.2 Å². The maximum absolute atomic E-state index is 13.1. The molecule has 1 unspecified atom stereocenters. The molecule has 0 heterocycles. The molecule has 1 atom stereocenters. The molecular weight excluding hydrogens is 420 g/mol. The molecule has 158 valence electrons. The van der Waals surface area contributed by atoms with Gasteiger partial charge < -0.3 is 10.1 Å². The minimum Gasteiger partial charge on any atom is -0.443 e. The van der Waals surface area contributed by atoms with Gasteiger partial charge in [-0.25, -0.2) is 4.79 Å². The van der Waals surface area contributed by atoms with Crippen molar-refractivity contribution in [2.75, 3.05) is 5.32 Å². The zero-order chi connectivity index (χ0) is 22.5. The maximum atomic E-state index is 13.1. The van der Waals surface area contributed by atoms with Crippen LogP contribution in [0, 0.1) is 24.0 Å². The Labute approximate surface area is 183 Å². The molecule has 7 nitrogen and oxygen atoms in total. The van der Waals surface area contributed by atoms with E-state index in [2.05, 4.69) is 5.32 Å². The zero-order valence-electron chi connectivity index (χ0n) is 16.8. The number of esters is 1. The normalized spacial score (nSPS) is 11.5. The van der Waals surface area contributed by atoms with Gasteiger partial charge >= 0.3 is 5.97 Å². The number of nitrogens with zero attached hydrogens (tertiary/aromatic N) is 1. The molecule has 3 aromatic carbocycles. The van der Waals surface area contributed by atoms with Crippen molar-refractivity contribution in [1.29, 1.82) is 0 Å². The van der Waals surface area contributed by atoms with Crippen molar-refractivity contribution in [3.05, 3.63) is 104 Å². The average molecular weight is 439 g/mol. The minimum atomic E-state index is -1.33. The number of amides is 1. The molecule has 0 bridgehead atoms. The quantitative estimate of drug-likeness (QED) is 0.315. The number of hydrogen-bond acceptors (Lipinski definition) is 5. The third kappa shape index (κ3) is 5.26. The molecule has 0 spiro atoms. The first-order chi connectivity index (χ1) is 14.8. The number of benzene rings is 3. The van der Waals surface area contributed by atoms with Gasteiger partial charge in [0.15, 0.2) is 0 Å². The lowest BCUT2D eigenvalue weighted by molar-refractivity contribution is -0.385. The number of rotatable bonds is 6. The number of carbonyl (C=O) groups is 2. The molecule has 0 fully saturated rings. The first-order valence-corrected chi connectivity index (χ1v) is 9.72. The van der Waals surface area contributed by atoms with Crippen molar-refractivity contribution in [3.8, 4) is 0 Å². The van der Waals surface area contributed by atoms with Crippen molar-refractivity contribution in [1.82, 2.24) is 0 Å². The summed E-state index contributed by atoms with van der Waals surface area (Å²) in [6.45, 7) is 3.73. The molecule has 1 N–H and O–H groups in total. The third-order valence-electron chi connectivity index (χ3n) is 4.59. The van der Waals surface area contributed by atoms with Crippen molar-refractivity contribution in [2.45, 2.75) is 20.0 Å². The molecule has 0 saturated carbocycles. The summed E-state index contributed by atoms with van der Waals surface area (Å²) in [5.41, 5.74) is 1.99. The van der Waals surface area contributed by atoms with Gasteiger partial charge in [0, 0.05) is 22.3 Å². The van der Waals surface area contributed by atoms with Crippen LogP contribution in [0.25, 0.3) is 0 Å². The first kappa shape index (κ1) is 22.0. The molecule has 0 aliphatic heterocycles. The average Bonchev–Trinajstić information content (AvgIpc) is 2.74. The van der Waals surface area contributed by atoms with Crippen LogP contribution in [-0.2, 0) is 9.53 Å². The second-order valence-corrected chi connectivity index (χ2v) is 7.36. The number of anilines is 1. The number of ether oxygens (including phenoxy) is 1. The largest absolute Gasteiger partial charge is 0.443 e. The Kier molecular flexibility index (Phi) is 6.67. The zero-order valence-corrected chi connectivity index (χ0v) is 17.6. The Hall–Kier alpha value is -3.71. The van der Waals surface area contributed by atoms with Crippen LogP contribution in [0.3, 0.4) is 0 Å². The lowest BCUT2D eigenvalue weighted by Gasteiger charge is -2.19. The Bertz CT molecular complexity index is 1150. The molecule has 1 amide bonds. The van der Waals surface area contributed by atoms with Gasteiger partial charge in [0.25, 0.3) is 11.6 Å². The number of nitro groups is 1. The van der Waals surface area contributed by atoms with Crippen LogP contribution in [0.4, 0.5) is 11.4 Å². The second-order valence-electron chi connectivity index (χ2n) is 6.92. The third-order valence-corrected chi connectivity index (χ3v) is 4.83. The van der Waals surface area contributed by atoms with Crippen molar-refractivity contribution < 1.29 is 19.2 Å². The van der Waals surface area contributed by atoms with Gasteiger partial charge in [0.2, 0.25) is 6.10 Å². The van der Waals surface area contributed by atoms with Crippen LogP contribution in [0.15, 0.2) is 66.7 Å². The SMILES string of the molecule is Cc1ccc(C)c(NC(=O)C(OC(=O)c2cc(Cl)ccc2[N+](=O)[O-])c2ccccc2)c1. The van der Waals surface area contributed by atoms with Crippen LogP contribution >= 0.6 is 11.6 Å². The van der Waals surface area contributed by atoms with E-state index in [0.717, 1.165) is 23.3 Å². The van der Waals surface area contributed by atoms with Gasteiger partial charge in [-0.15, -0.1) is 0 Å². The molecule has 31 heavy (non-hydrogen) atoms. The van der Waals surface area contributed by atoms with E-state index in [1.165, 1.54) is 6.07 Å². The minimum absolute atomic E-state index is 0.133. The molecule has 0 aliphatic rings. The molecule has 3 rings (SSSR count). The van der Waals surface area contributed by atoms with Gasteiger partial charge in [0.05, 0.1) is 4.92 Å². The van der Waals surface area contributed by atoms with E-state index in [1.807, 2.05) is 26.0 Å². The van der Waals surface area contributed by atoms with Crippen LogP contribution in [0.5, 0.6) is 0 Å². The fourth-order valence-electron chi connectivity index (χ4n) is 2.97. The molecule has 8 heteroatoms. The number of nitrogens with one attached hydrogen (secondary N) is 1. The summed E-state index contributed by atoms with van der Waals surface area (Å²) in [4.78, 5) is 36.5. The molecule has 0 saturated heterocycles. The Morgan fingerprint density at radius 2 is 1.74 bits per heavy atom. The smallest absolute Gasteiger partial charge is 0.346 e. The summed E-state index contributed by atoms with van der Waals surface area (Å²) in [5.74, 6) is -1.61. The van der Waals surface area contributed by atoms with E-state index in [4.69, 9.17) is 16.3 Å². The monoisotopic (exact) mass is 438 g/mol. The summed E-state index contributed by atoms with van der Waals surface area (Å²) >= 11 is 5.91. The summed E-state index contributed by atoms with van der Waals surface area (Å²) in [6, 6.07) is 17.6. The summed E-state index contributed by atoms with van der Waals surface area (Å²) in [6.07, 6.45) is -1.33. The fraction of sp³-hybridized carbons (Fsp3) is 0.130. The number of aryl methyl sites for hydroxylation is 2. The van der Waals surface area contributed by atoms with Gasteiger partial charge in [-0.05, 0) is 43.2 Å². The van der Waals surface area contributed by atoms with E-state index in [-0.39, 0.29) is 10.6 Å². The maximum Gasteiger partial charge on any atom is 0.346 e. The second kappa shape index (κ2) is 9.40. The van der Waals surface area contributed by atoms with Crippen LogP contribution in [0.2, 0.25) is 5.02 Å². The first-order valence-electron chi connectivity index (χ1n) is 9.34. The number of hydrogen-bond donors (Lipinski definition) is 1. The van der Waals surface area contributed by atoms with E-state index in [0.29, 0.717) is 11.3 Å². The highest BCUT2D eigenvalue weighted by Crippen LogP contribution is 2.28. The molecule has 0 radical (unpaired) electrons. The Morgan fingerprint density at radius 1 is 1.03 bits per heavy atom. The van der Waals surface area contributed by atoms with E-state index >= 15 is 0 Å². The fourth-order valence-corrected chi connectivity index (χ4v) is 3.14. The van der Waals surface area contributed by atoms with E-state index in [1.54, 1.807) is 36.4 Å². The summed E-state index contributed by atoms with van der Waals surface area (Å²) < 4.78 is 5.46. The highest BCUT2D eigenvalue weighted by Gasteiger charge is 2.29. The van der Waals surface area contributed by atoms with Crippen LogP contribution < -0.4 is 5.32 Å². The number of nitro benzene ring substituents is 1. The van der Waals surface area contributed by atoms with Gasteiger partial charge in [-0.3, -0.25) is 14.9 Å². The van der Waals surface area contributed by atoms with E-state index < -0.39 is 28.6 Å². The summed E-state index contributed by atoms with van der Waals surface area (Å²) in [5, 5.41) is 14.2. The predicted octanol–water partition coefficient (Wildman–Crippen LogP) is 5.40. The molecule has 3 aromatic rings. The Balaban J connectivity index is 1.95. The molecule has 0 aromatic heterocycles. The lowest BCUT2D eigenvalue weighted by Crippen LogP contribution is -2.26. The standard InChI is InChI=1S/C23H19ClN2O5/c1-14-8-9-15(2)19(12-14)25-22(27)21(16-6-4-3-5-7-16)31-23(28)18-13-17(24)10-11-20(18)26(29)30/h3-13,21H,1-2H3,(H,25,27). The highest BCUT2D eigenvalue weighted by atomic mass is 35.5. The van der Waals surface area contributed by atoms with Gasteiger partial charge in [-0.2, -0.15) is 0 Å².